The predicted octanol–water partition coefficient (Wildman–Crippen LogP) is 5.85. The first kappa shape index (κ1) is 16.0. The molecule has 1 atom stereocenters. The van der Waals surface area contributed by atoms with Gasteiger partial charge in [0.15, 0.2) is 0 Å². The van der Waals surface area contributed by atoms with Crippen molar-refractivity contribution >= 4 is 22.9 Å². The number of hydrogen-bond acceptors (Lipinski definition) is 2. The van der Waals surface area contributed by atoms with E-state index < -0.39 is 0 Å². The molecule has 18 heavy (non-hydrogen) atoms. The molecule has 104 valence electrons. The highest BCUT2D eigenvalue weighted by Crippen LogP contribution is 2.32. The van der Waals surface area contributed by atoms with Gasteiger partial charge in [0.25, 0.3) is 0 Å². The Balaban J connectivity index is 2.12. The molecular weight excluding hydrogens is 262 g/mol. The van der Waals surface area contributed by atoms with Gasteiger partial charge in [-0.3, -0.25) is 0 Å². The molecule has 0 fully saturated rings. The van der Waals surface area contributed by atoms with E-state index in [0.717, 1.165) is 16.3 Å². The summed E-state index contributed by atoms with van der Waals surface area (Å²) < 4.78 is 0.889. The minimum absolute atomic E-state index is 0.178. The van der Waals surface area contributed by atoms with Gasteiger partial charge in [0.05, 0.1) is 4.34 Å². The Labute approximate surface area is 121 Å². The Bertz CT molecular complexity index is 316. The average Bonchev–Trinajstić information content (AvgIpc) is 2.68. The van der Waals surface area contributed by atoms with Crippen LogP contribution in [0.25, 0.3) is 0 Å². The zero-order valence-corrected chi connectivity index (χ0v) is 13.2. The number of thiophene rings is 1. The molecule has 1 aromatic rings. The van der Waals surface area contributed by atoms with E-state index in [1.165, 1.54) is 49.8 Å². The molecule has 0 aliphatic carbocycles. The Morgan fingerprint density at radius 3 is 2.33 bits per heavy atom. The summed E-state index contributed by atoms with van der Waals surface area (Å²) in [5, 5.41) is 0. The molecule has 0 saturated heterocycles. The highest BCUT2D eigenvalue weighted by Gasteiger charge is 2.10. The van der Waals surface area contributed by atoms with Crippen LogP contribution < -0.4 is 5.73 Å². The van der Waals surface area contributed by atoms with E-state index in [2.05, 4.69) is 13.0 Å². The predicted molar refractivity (Wildman–Crippen MR) is 83.6 cm³/mol. The Morgan fingerprint density at radius 1 is 1.17 bits per heavy atom. The van der Waals surface area contributed by atoms with E-state index in [1.807, 2.05) is 6.92 Å². The Kier molecular flexibility index (Phi) is 7.96. The molecule has 0 spiro atoms. The van der Waals surface area contributed by atoms with Gasteiger partial charge >= 0.3 is 0 Å². The number of halogens is 1. The van der Waals surface area contributed by atoms with Crippen LogP contribution in [-0.2, 0) is 0 Å². The third-order valence-corrected chi connectivity index (χ3v) is 5.05. The number of unbranched alkanes of at least 4 members (excludes halogenated alkanes) is 6. The molecule has 0 aromatic carbocycles. The standard InChI is InChI=1S/C15H26ClNS/c1-3-4-5-6-7-8-9-10-13(17)14-11-12(2)15(16)18-14/h11,13H,3-10,17H2,1-2H3. The summed E-state index contributed by atoms with van der Waals surface area (Å²) >= 11 is 7.71. The third kappa shape index (κ3) is 5.73. The van der Waals surface area contributed by atoms with Crippen LogP contribution in [0.5, 0.6) is 0 Å². The van der Waals surface area contributed by atoms with Gasteiger partial charge in [0, 0.05) is 10.9 Å². The molecule has 1 aromatic heterocycles. The van der Waals surface area contributed by atoms with Gasteiger partial charge in [-0.05, 0) is 25.0 Å². The van der Waals surface area contributed by atoms with Crippen LogP contribution in [0.3, 0.4) is 0 Å². The number of rotatable bonds is 9. The molecule has 1 heterocycles. The summed E-state index contributed by atoms with van der Waals surface area (Å²) in [4.78, 5) is 1.24. The van der Waals surface area contributed by atoms with Crippen molar-refractivity contribution in [1.82, 2.24) is 0 Å². The number of nitrogens with two attached hydrogens (primary N) is 1. The highest BCUT2D eigenvalue weighted by molar-refractivity contribution is 7.16. The van der Waals surface area contributed by atoms with E-state index in [1.54, 1.807) is 11.3 Å². The molecule has 0 bridgehead atoms. The summed E-state index contributed by atoms with van der Waals surface area (Å²) in [7, 11) is 0. The molecule has 0 aliphatic heterocycles. The zero-order chi connectivity index (χ0) is 13.4. The molecule has 0 aliphatic rings. The van der Waals surface area contributed by atoms with Crippen LogP contribution in [0.2, 0.25) is 4.34 Å². The molecule has 0 amide bonds. The normalized spacial score (nSPS) is 12.9. The molecule has 2 N–H and O–H groups in total. The van der Waals surface area contributed by atoms with Gasteiger partial charge in [0.2, 0.25) is 0 Å². The lowest BCUT2D eigenvalue weighted by molar-refractivity contribution is 0.544. The largest absolute Gasteiger partial charge is 0.323 e. The second kappa shape index (κ2) is 8.95. The van der Waals surface area contributed by atoms with Crippen LogP contribution in [0.15, 0.2) is 6.07 Å². The minimum Gasteiger partial charge on any atom is -0.323 e. The van der Waals surface area contributed by atoms with E-state index in [0.29, 0.717) is 0 Å². The first-order valence-corrected chi connectivity index (χ1v) is 8.36. The van der Waals surface area contributed by atoms with Gasteiger partial charge in [-0.15, -0.1) is 11.3 Å². The van der Waals surface area contributed by atoms with Gasteiger partial charge in [-0.2, -0.15) is 0 Å². The van der Waals surface area contributed by atoms with Crippen molar-refractivity contribution in [3.8, 4) is 0 Å². The molecule has 1 unspecified atom stereocenters. The van der Waals surface area contributed by atoms with E-state index >= 15 is 0 Å². The summed E-state index contributed by atoms with van der Waals surface area (Å²) in [6.07, 6.45) is 10.5. The number of aryl methyl sites for hydroxylation is 1. The van der Waals surface area contributed by atoms with Crippen molar-refractivity contribution in [3.05, 3.63) is 20.8 Å². The maximum atomic E-state index is 6.19. The molecule has 0 radical (unpaired) electrons. The SMILES string of the molecule is CCCCCCCCCC(N)c1cc(C)c(Cl)s1. The summed E-state index contributed by atoms with van der Waals surface area (Å²) in [6.45, 7) is 4.30. The summed E-state index contributed by atoms with van der Waals surface area (Å²) in [6, 6.07) is 2.32. The lowest BCUT2D eigenvalue weighted by atomic mass is 10.0. The van der Waals surface area contributed by atoms with Gasteiger partial charge < -0.3 is 5.73 Å². The highest BCUT2D eigenvalue weighted by atomic mass is 35.5. The fraction of sp³-hybridized carbons (Fsp3) is 0.733. The molecule has 0 saturated carbocycles. The topological polar surface area (TPSA) is 26.0 Å². The van der Waals surface area contributed by atoms with Crippen molar-refractivity contribution in [1.29, 1.82) is 0 Å². The van der Waals surface area contributed by atoms with Crippen LogP contribution in [0.4, 0.5) is 0 Å². The molecule has 1 rings (SSSR count). The Hall–Kier alpha value is -0.0500. The summed E-state index contributed by atoms with van der Waals surface area (Å²) in [5.74, 6) is 0. The fourth-order valence-corrected chi connectivity index (χ4v) is 3.38. The van der Waals surface area contributed by atoms with Crippen molar-refractivity contribution in [2.24, 2.45) is 5.73 Å². The molecular formula is C15H26ClNS. The summed E-state index contributed by atoms with van der Waals surface area (Å²) in [5.41, 5.74) is 7.35. The van der Waals surface area contributed by atoms with Crippen LogP contribution in [0.1, 0.15) is 74.8 Å². The van der Waals surface area contributed by atoms with Gasteiger partial charge in [0.1, 0.15) is 0 Å². The number of hydrogen-bond donors (Lipinski definition) is 1. The minimum atomic E-state index is 0.178. The van der Waals surface area contributed by atoms with Gasteiger partial charge in [-0.1, -0.05) is 63.5 Å². The van der Waals surface area contributed by atoms with E-state index in [9.17, 15) is 0 Å². The quantitative estimate of drug-likeness (QED) is 0.566. The lowest BCUT2D eigenvalue weighted by Gasteiger charge is -2.08. The molecule has 3 heteroatoms. The smallest absolute Gasteiger partial charge is 0.0960 e. The van der Waals surface area contributed by atoms with E-state index in [4.69, 9.17) is 17.3 Å². The maximum absolute atomic E-state index is 6.19. The first-order valence-electron chi connectivity index (χ1n) is 7.16. The van der Waals surface area contributed by atoms with Crippen molar-refractivity contribution < 1.29 is 0 Å². The molecule has 1 nitrogen and oxygen atoms in total. The van der Waals surface area contributed by atoms with E-state index in [-0.39, 0.29) is 6.04 Å². The lowest BCUT2D eigenvalue weighted by Crippen LogP contribution is -2.08. The van der Waals surface area contributed by atoms with Gasteiger partial charge in [-0.25, -0.2) is 0 Å². The monoisotopic (exact) mass is 287 g/mol. The van der Waals surface area contributed by atoms with Crippen LogP contribution in [-0.4, -0.2) is 0 Å². The van der Waals surface area contributed by atoms with Crippen molar-refractivity contribution in [3.63, 3.8) is 0 Å². The first-order chi connectivity index (χ1) is 8.65. The van der Waals surface area contributed by atoms with Crippen molar-refractivity contribution in [2.75, 3.05) is 0 Å². The fourth-order valence-electron chi connectivity index (χ4n) is 2.13. The van der Waals surface area contributed by atoms with Crippen LogP contribution in [0, 0.1) is 6.92 Å². The van der Waals surface area contributed by atoms with Crippen molar-refractivity contribution in [2.45, 2.75) is 71.3 Å². The second-order valence-corrected chi connectivity index (χ2v) is 6.81. The zero-order valence-electron chi connectivity index (χ0n) is 11.7. The van der Waals surface area contributed by atoms with Crippen LogP contribution >= 0.6 is 22.9 Å². The Morgan fingerprint density at radius 2 is 1.78 bits per heavy atom. The maximum Gasteiger partial charge on any atom is 0.0960 e. The third-order valence-electron chi connectivity index (χ3n) is 3.36. The average molecular weight is 288 g/mol. The second-order valence-electron chi connectivity index (χ2n) is 5.12.